The van der Waals surface area contributed by atoms with Crippen LogP contribution in [0.4, 0.5) is 0 Å². The number of rotatable bonds is 1. The van der Waals surface area contributed by atoms with Crippen molar-refractivity contribution in [3.63, 3.8) is 0 Å². The Bertz CT molecular complexity index is 403. The first-order valence-corrected chi connectivity index (χ1v) is 4.01. The highest BCUT2D eigenvalue weighted by Crippen LogP contribution is 2.16. The van der Waals surface area contributed by atoms with Crippen LogP contribution in [0.3, 0.4) is 0 Å². The molecule has 0 N–H and O–H groups in total. The van der Waals surface area contributed by atoms with Gasteiger partial charge in [-0.25, -0.2) is 4.98 Å². The van der Waals surface area contributed by atoms with Crippen LogP contribution in [0.2, 0.25) is 0 Å². The van der Waals surface area contributed by atoms with E-state index < -0.39 is 0 Å². The maximum atomic E-state index is 5.43. The van der Waals surface area contributed by atoms with Crippen molar-refractivity contribution in [2.75, 3.05) is 0 Å². The summed E-state index contributed by atoms with van der Waals surface area (Å²) in [5.41, 5.74) is 2.72. The fourth-order valence-corrected chi connectivity index (χ4v) is 1.17. The van der Waals surface area contributed by atoms with Crippen LogP contribution in [-0.2, 0) is 6.42 Å². The van der Waals surface area contributed by atoms with Gasteiger partial charge in [-0.15, -0.1) is 0 Å². The molecule has 12 heavy (non-hydrogen) atoms. The lowest BCUT2D eigenvalue weighted by Gasteiger charge is -1.87. The zero-order chi connectivity index (χ0) is 8.55. The molecular formula is C10H10NO. The predicted octanol–water partition coefficient (Wildman–Crippen LogP) is 2.57. The minimum atomic E-state index is 0.788. The van der Waals surface area contributed by atoms with Gasteiger partial charge in [-0.2, -0.15) is 0 Å². The van der Waals surface area contributed by atoms with E-state index in [1.807, 2.05) is 25.1 Å². The fourth-order valence-electron chi connectivity index (χ4n) is 1.17. The number of aromatic nitrogens is 1. The normalized spacial score (nSPS) is 10.8. The topological polar surface area (TPSA) is 26.0 Å². The van der Waals surface area contributed by atoms with Gasteiger partial charge in [0.2, 0.25) is 0 Å². The quantitative estimate of drug-likeness (QED) is 0.640. The molecule has 0 unspecified atom stereocenters. The Morgan fingerprint density at radius 1 is 1.50 bits per heavy atom. The number of hydrogen-bond acceptors (Lipinski definition) is 2. The fraction of sp³-hybridized carbons (Fsp3) is 0.200. The molecule has 0 fully saturated rings. The van der Waals surface area contributed by atoms with Crippen molar-refractivity contribution in [2.45, 2.75) is 13.3 Å². The zero-order valence-electron chi connectivity index (χ0n) is 7.00. The summed E-state index contributed by atoms with van der Waals surface area (Å²) in [5, 5.41) is 0. The lowest BCUT2D eigenvalue weighted by atomic mass is 10.2. The third kappa shape index (κ3) is 1.09. The molecule has 0 bridgehead atoms. The van der Waals surface area contributed by atoms with Crippen LogP contribution in [0.15, 0.2) is 22.6 Å². The molecule has 1 heterocycles. The maximum absolute atomic E-state index is 5.43. The molecule has 0 spiro atoms. The van der Waals surface area contributed by atoms with Gasteiger partial charge in [0.15, 0.2) is 11.5 Å². The molecule has 2 heteroatoms. The van der Waals surface area contributed by atoms with Crippen LogP contribution in [0.5, 0.6) is 0 Å². The molecule has 2 nitrogen and oxygen atoms in total. The highest BCUT2D eigenvalue weighted by Gasteiger charge is 2.02. The third-order valence-electron chi connectivity index (χ3n) is 1.80. The number of nitrogens with zero attached hydrogens (tertiary/aromatic N) is 1. The van der Waals surface area contributed by atoms with Gasteiger partial charge in [0.05, 0.1) is 0 Å². The Morgan fingerprint density at radius 3 is 3.08 bits per heavy atom. The molecule has 0 atom stereocenters. The van der Waals surface area contributed by atoms with Crippen molar-refractivity contribution in [2.24, 2.45) is 0 Å². The minimum absolute atomic E-state index is 0.788. The summed E-state index contributed by atoms with van der Waals surface area (Å²) >= 11 is 0. The van der Waals surface area contributed by atoms with E-state index in [1.165, 1.54) is 0 Å². The van der Waals surface area contributed by atoms with E-state index >= 15 is 0 Å². The highest BCUT2D eigenvalue weighted by atomic mass is 16.3. The standard InChI is InChI=1S/C10H10NO/c1-3-10-11-8-6-7(2)4-5-9(8)12-10/h4-6H,2-3H2,1H3. The SMILES string of the molecule is [CH2]c1ccc2oc(CC)nc2c1. The van der Waals surface area contributed by atoms with E-state index in [9.17, 15) is 0 Å². The molecule has 1 radical (unpaired) electrons. The van der Waals surface area contributed by atoms with E-state index in [4.69, 9.17) is 4.42 Å². The molecule has 2 aromatic rings. The summed E-state index contributed by atoms with van der Waals surface area (Å²) < 4.78 is 5.43. The van der Waals surface area contributed by atoms with Crippen molar-refractivity contribution in [3.8, 4) is 0 Å². The molecule has 0 aliphatic carbocycles. The molecule has 1 aromatic carbocycles. The first-order valence-electron chi connectivity index (χ1n) is 4.01. The smallest absolute Gasteiger partial charge is 0.195 e. The predicted molar refractivity (Wildman–Crippen MR) is 47.8 cm³/mol. The maximum Gasteiger partial charge on any atom is 0.195 e. The number of benzene rings is 1. The van der Waals surface area contributed by atoms with Crippen molar-refractivity contribution in [3.05, 3.63) is 36.6 Å². The molecule has 0 saturated heterocycles. The second-order valence-corrected chi connectivity index (χ2v) is 2.76. The van der Waals surface area contributed by atoms with Crippen LogP contribution in [0, 0.1) is 6.92 Å². The summed E-state index contributed by atoms with van der Waals surface area (Å²) in [6.45, 7) is 5.85. The van der Waals surface area contributed by atoms with Crippen molar-refractivity contribution >= 4 is 11.1 Å². The summed E-state index contributed by atoms with van der Waals surface area (Å²) in [7, 11) is 0. The van der Waals surface area contributed by atoms with Crippen molar-refractivity contribution in [1.82, 2.24) is 4.98 Å². The number of fused-ring (bicyclic) bond motifs is 1. The summed E-state index contributed by atoms with van der Waals surface area (Å²) in [4.78, 5) is 4.29. The Kier molecular flexibility index (Phi) is 1.61. The summed E-state index contributed by atoms with van der Waals surface area (Å²) in [6.07, 6.45) is 0.834. The van der Waals surface area contributed by atoms with Crippen LogP contribution >= 0.6 is 0 Å². The Morgan fingerprint density at radius 2 is 2.33 bits per heavy atom. The van der Waals surface area contributed by atoms with Crippen LogP contribution in [0.25, 0.3) is 11.1 Å². The highest BCUT2D eigenvalue weighted by molar-refractivity contribution is 5.73. The molecule has 0 saturated carbocycles. The number of oxazole rings is 1. The van der Waals surface area contributed by atoms with E-state index in [-0.39, 0.29) is 0 Å². The largest absolute Gasteiger partial charge is 0.441 e. The average Bonchev–Trinajstić information content (AvgIpc) is 2.46. The van der Waals surface area contributed by atoms with Gasteiger partial charge in [0.1, 0.15) is 5.52 Å². The monoisotopic (exact) mass is 160 g/mol. The Labute approximate surface area is 71.2 Å². The van der Waals surface area contributed by atoms with Gasteiger partial charge in [-0.3, -0.25) is 0 Å². The van der Waals surface area contributed by atoms with Crippen LogP contribution < -0.4 is 0 Å². The zero-order valence-corrected chi connectivity index (χ0v) is 7.00. The van der Waals surface area contributed by atoms with Crippen LogP contribution in [0.1, 0.15) is 18.4 Å². The lowest BCUT2D eigenvalue weighted by molar-refractivity contribution is 0.538. The molecular weight excluding hydrogens is 150 g/mol. The second-order valence-electron chi connectivity index (χ2n) is 2.76. The Balaban J connectivity index is 2.67. The number of aryl methyl sites for hydroxylation is 1. The second kappa shape index (κ2) is 2.63. The summed E-state index contributed by atoms with van der Waals surface area (Å²) in [6, 6.07) is 5.76. The minimum Gasteiger partial charge on any atom is -0.441 e. The first kappa shape index (κ1) is 7.35. The summed E-state index contributed by atoms with van der Waals surface area (Å²) in [5.74, 6) is 0.788. The lowest BCUT2D eigenvalue weighted by Crippen LogP contribution is -1.75. The van der Waals surface area contributed by atoms with Crippen molar-refractivity contribution < 1.29 is 4.42 Å². The molecule has 0 aliphatic heterocycles. The molecule has 1 aromatic heterocycles. The van der Waals surface area contributed by atoms with Gasteiger partial charge in [-0.05, 0) is 24.6 Å². The van der Waals surface area contributed by atoms with Gasteiger partial charge >= 0.3 is 0 Å². The van der Waals surface area contributed by atoms with E-state index in [0.29, 0.717) is 0 Å². The molecule has 61 valence electrons. The van der Waals surface area contributed by atoms with Gasteiger partial charge in [-0.1, -0.05) is 13.0 Å². The van der Waals surface area contributed by atoms with Gasteiger partial charge in [0, 0.05) is 6.42 Å². The van der Waals surface area contributed by atoms with E-state index in [0.717, 1.165) is 29.0 Å². The van der Waals surface area contributed by atoms with Gasteiger partial charge < -0.3 is 4.42 Å². The molecule has 0 aliphatic rings. The van der Waals surface area contributed by atoms with Crippen molar-refractivity contribution in [1.29, 1.82) is 0 Å². The molecule has 0 amide bonds. The van der Waals surface area contributed by atoms with E-state index in [1.54, 1.807) is 0 Å². The third-order valence-corrected chi connectivity index (χ3v) is 1.80. The number of hydrogen-bond donors (Lipinski definition) is 0. The first-order chi connectivity index (χ1) is 5.79. The average molecular weight is 160 g/mol. The van der Waals surface area contributed by atoms with E-state index in [2.05, 4.69) is 11.9 Å². The molecule has 2 rings (SSSR count). The van der Waals surface area contributed by atoms with Gasteiger partial charge in [0.25, 0.3) is 0 Å². The Hall–Kier alpha value is -1.31. The van der Waals surface area contributed by atoms with Crippen LogP contribution in [-0.4, -0.2) is 4.98 Å².